The molecule has 0 bridgehead atoms. The summed E-state index contributed by atoms with van der Waals surface area (Å²) in [6.45, 7) is 5.42. The second kappa shape index (κ2) is 13.2. The van der Waals surface area contributed by atoms with Gasteiger partial charge in [-0.1, -0.05) is 73.5 Å². The number of anilines is 1. The standard InChI is InChI=1S/C29H34FN3O4S/c1-4-5-19-31-29(35)23(3)32(20-24-17-15-22(2)16-18-24)28(34)21-33(27-14-10-9-13-26(27)30)38(36,37)25-11-7-6-8-12-25/h6-18,23H,4-5,19-21H2,1-3H3,(H,31,35)/t23-/m0/s1. The molecule has 0 aliphatic carbocycles. The molecule has 0 fully saturated rings. The molecule has 7 nitrogen and oxygen atoms in total. The second-order valence-electron chi connectivity index (χ2n) is 9.10. The summed E-state index contributed by atoms with van der Waals surface area (Å²) in [5, 5.41) is 2.84. The normalized spacial score (nSPS) is 12.0. The third-order valence-corrected chi connectivity index (χ3v) is 7.98. The highest BCUT2D eigenvalue weighted by Crippen LogP contribution is 2.26. The van der Waals surface area contributed by atoms with Crippen molar-refractivity contribution in [2.75, 3.05) is 17.4 Å². The lowest BCUT2D eigenvalue weighted by atomic mass is 10.1. The maximum Gasteiger partial charge on any atom is 0.264 e. The molecule has 0 radical (unpaired) electrons. The molecule has 3 aromatic rings. The van der Waals surface area contributed by atoms with Gasteiger partial charge in [0.2, 0.25) is 11.8 Å². The van der Waals surface area contributed by atoms with E-state index in [1.54, 1.807) is 25.1 Å². The zero-order valence-electron chi connectivity index (χ0n) is 21.9. The Kier molecular flexibility index (Phi) is 10.0. The van der Waals surface area contributed by atoms with Crippen molar-refractivity contribution in [3.63, 3.8) is 0 Å². The highest BCUT2D eigenvalue weighted by molar-refractivity contribution is 7.92. The largest absolute Gasteiger partial charge is 0.354 e. The van der Waals surface area contributed by atoms with Crippen LogP contribution in [0, 0.1) is 12.7 Å². The first kappa shape index (κ1) is 28.8. The number of amides is 2. The summed E-state index contributed by atoms with van der Waals surface area (Å²) in [7, 11) is -4.30. The number of nitrogens with zero attached hydrogens (tertiary/aromatic N) is 2. The van der Waals surface area contributed by atoms with Gasteiger partial charge in [-0.15, -0.1) is 0 Å². The Hall–Kier alpha value is -3.72. The number of para-hydroxylation sites is 1. The van der Waals surface area contributed by atoms with Crippen molar-refractivity contribution >= 4 is 27.5 Å². The number of benzene rings is 3. The molecule has 2 amide bonds. The highest BCUT2D eigenvalue weighted by Gasteiger charge is 2.33. The van der Waals surface area contributed by atoms with Crippen LogP contribution in [0.25, 0.3) is 0 Å². The van der Waals surface area contributed by atoms with Crippen molar-refractivity contribution in [1.29, 1.82) is 0 Å². The number of aryl methyl sites for hydroxylation is 1. The molecule has 0 saturated carbocycles. The van der Waals surface area contributed by atoms with E-state index in [1.165, 1.54) is 35.2 Å². The van der Waals surface area contributed by atoms with E-state index in [2.05, 4.69) is 5.32 Å². The first-order valence-corrected chi connectivity index (χ1v) is 14.0. The third-order valence-electron chi connectivity index (χ3n) is 6.20. The molecule has 0 aliphatic rings. The van der Waals surface area contributed by atoms with E-state index in [9.17, 15) is 22.4 Å². The molecule has 1 atom stereocenters. The number of hydrogen-bond donors (Lipinski definition) is 1. The zero-order valence-corrected chi connectivity index (χ0v) is 22.7. The van der Waals surface area contributed by atoms with Gasteiger partial charge in [0, 0.05) is 13.1 Å². The van der Waals surface area contributed by atoms with Crippen LogP contribution < -0.4 is 9.62 Å². The fourth-order valence-corrected chi connectivity index (χ4v) is 5.34. The highest BCUT2D eigenvalue weighted by atomic mass is 32.2. The van der Waals surface area contributed by atoms with Crippen LogP contribution in [-0.4, -0.2) is 44.3 Å². The fourth-order valence-electron chi connectivity index (χ4n) is 3.90. The van der Waals surface area contributed by atoms with Crippen molar-refractivity contribution in [3.8, 4) is 0 Å². The number of carbonyl (C=O) groups excluding carboxylic acids is 2. The van der Waals surface area contributed by atoms with Crippen LogP contribution in [0.5, 0.6) is 0 Å². The Morgan fingerprint density at radius 2 is 1.58 bits per heavy atom. The lowest BCUT2D eigenvalue weighted by Crippen LogP contribution is -2.51. The number of hydrogen-bond acceptors (Lipinski definition) is 4. The summed E-state index contributed by atoms with van der Waals surface area (Å²) < 4.78 is 42.9. The van der Waals surface area contributed by atoms with E-state index in [0.29, 0.717) is 6.54 Å². The SMILES string of the molecule is CCCCNC(=O)[C@H](C)N(Cc1ccc(C)cc1)C(=O)CN(c1ccccc1F)S(=O)(=O)c1ccccc1. The molecule has 0 saturated heterocycles. The Balaban J connectivity index is 1.99. The van der Waals surface area contributed by atoms with Gasteiger partial charge in [-0.25, -0.2) is 12.8 Å². The Labute approximate surface area is 224 Å². The van der Waals surface area contributed by atoms with Gasteiger partial charge in [0.1, 0.15) is 18.4 Å². The minimum Gasteiger partial charge on any atom is -0.354 e. The van der Waals surface area contributed by atoms with Crippen LogP contribution >= 0.6 is 0 Å². The van der Waals surface area contributed by atoms with Crippen LogP contribution in [0.2, 0.25) is 0 Å². The minimum absolute atomic E-state index is 0.0773. The Morgan fingerprint density at radius 1 is 0.947 bits per heavy atom. The van der Waals surface area contributed by atoms with Gasteiger partial charge in [-0.05, 0) is 50.1 Å². The average Bonchev–Trinajstić information content (AvgIpc) is 2.92. The number of rotatable bonds is 12. The molecule has 0 heterocycles. The van der Waals surface area contributed by atoms with Crippen molar-refractivity contribution in [1.82, 2.24) is 10.2 Å². The van der Waals surface area contributed by atoms with Crippen molar-refractivity contribution in [3.05, 3.63) is 95.8 Å². The molecular weight excluding hydrogens is 505 g/mol. The number of unbranched alkanes of at least 4 members (excludes halogenated alkanes) is 1. The summed E-state index contributed by atoms with van der Waals surface area (Å²) in [6.07, 6.45) is 1.69. The van der Waals surface area contributed by atoms with Gasteiger partial charge in [0.25, 0.3) is 10.0 Å². The molecule has 0 unspecified atom stereocenters. The zero-order chi connectivity index (χ0) is 27.7. The minimum atomic E-state index is -4.30. The lowest BCUT2D eigenvalue weighted by molar-refractivity contribution is -0.139. The molecule has 3 rings (SSSR count). The summed E-state index contributed by atoms with van der Waals surface area (Å²) in [6, 6.07) is 19.6. The van der Waals surface area contributed by atoms with E-state index >= 15 is 0 Å². The molecule has 0 spiro atoms. The van der Waals surface area contributed by atoms with E-state index in [-0.39, 0.29) is 23.0 Å². The summed E-state index contributed by atoms with van der Waals surface area (Å²) in [5.41, 5.74) is 1.57. The Bertz CT molecular complexity index is 1330. The molecule has 0 aliphatic heterocycles. The van der Waals surface area contributed by atoms with E-state index in [0.717, 1.165) is 34.3 Å². The predicted molar refractivity (Wildman–Crippen MR) is 146 cm³/mol. The first-order chi connectivity index (χ1) is 18.1. The van der Waals surface area contributed by atoms with Gasteiger partial charge < -0.3 is 10.2 Å². The van der Waals surface area contributed by atoms with Gasteiger partial charge in [0.05, 0.1) is 10.6 Å². The van der Waals surface area contributed by atoms with Gasteiger partial charge >= 0.3 is 0 Å². The van der Waals surface area contributed by atoms with Crippen LogP contribution in [0.15, 0.2) is 83.8 Å². The molecule has 1 N–H and O–H groups in total. The molecule has 38 heavy (non-hydrogen) atoms. The summed E-state index contributed by atoms with van der Waals surface area (Å²) >= 11 is 0. The summed E-state index contributed by atoms with van der Waals surface area (Å²) in [5.74, 6) is -1.76. The smallest absolute Gasteiger partial charge is 0.264 e. The Morgan fingerprint density at radius 3 is 2.21 bits per heavy atom. The fraction of sp³-hybridized carbons (Fsp3) is 0.310. The van der Waals surface area contributed by atoms with E-state index in [4.69, 9.17) is 0 Å². The monoisotopic (exact) mass is 539 g/mol. The maximum atomic E-state index is 14.9. The molecule has 202 valence electrons. The van der Waals surface area contributed by atoms with Crippen LogP contribution in [0.4, 0.5) is 10.1 Å². The lowest BCUT2D eigenvalue weighted by Gasteiger charge is -2.32. The average molecular weight is 540 g/mol. The van der Waals surface area contributed by atoms with Crippen LogP contribution in [0.3, 0.4) is 0 Å². The van der Waals surface area contributed by atoms with Gasteiger partial charge in [-0.2, -0.15) is 0 Å². The van der Waals surface area contributed by atoms with Crippen LogP contribution in [0.1, 0.15) is 37.8 Å². The molecule has 3 aromatic carbocycles. The quantitative estimate of drug-likeness (QED) is 0.339. The van der Waals surface area contributed by atoms with Crippen molar-refractivity contribution in [2.45, 2.75) is 51.1 Å². The summed E-state index contributed by atoms with van der Waals surface area (Å²) in [4.78, 5) is 28.0. The second-order valence-corrected chi connectivity index (χ2v) is 11.0. The van der Waals surface area contributed by atoms with Gasteiger partial charge in [0.15, 0.2) is 0 Å². The maximum absolute atomic E-state index is 14.9. The first-order valence-electron chi connectivity index (χ1n) is 12.6. The van der Waals surface area contributed by atoms with Crippen molar-refractivity contribution in [2.24, 2.45) is 0 Å². The number of sulfonamides is 1. The molecule has 9 heteroatoms. The van der Waals surface area contributed by atoms with Crippen molar-refractivity contribution < 1.29 is 22.4 Å². The number of halogens is 1. The van der Waals surface area contributed by atoms with E-state index < -0.39 is 34.3 Å². The molecular formula is C29H34FN3O4S. The predicted octanol–water partition coefficient (Wildman–Crippen LogP) is 4.66. The third kappa shape index (κ3) is 7.19. The van der Waals surface area contributed by atoms with Crippen LogP contribution in [-0.2, 0) is 26.2 Å². The number of carbonyl (C=O) groups is 2. The number of nitrogens with one attached hydrogen (secondary N) is 1. The topological polar surface area (TPSA) is 86.8 Å². The van der Waals surface area contributed by atoms with E-state index in [1.807, 2.05) is 38.1 Å². The molecule has 0 aromatic heterocycles. The van der Waals surface area contributed by atoms with Gasteiger partial charge in [-0.3, -0.25) is 13.9 Å².